The lowest BCUT2D eigenvalue weighted by Gasteiger charge is -2.43. The molecule has 3 amide bonds. The summed E-state index contributed by atoms with van der Waals surface area (Å²) in [4.78, 5) is 45.3. The molecule has 194 valence electrons. The van der Waals surface area contributed by atoms with Crippen LogP contribution < -0.4 is 0 Å². The zero-order valence-electron chi connectivity index (χ0n) is 22.3. The van der Waals surface area contributed by atoms with Gasteiger partial charge in [-0.3, -0.25) is 14.5 Å². The van der Waals surface area contributed by atoms with Crippen molar-refractivity contribution in [2.24, 2.45) is 5.41 Å². The van der Waals surface area contributed by atoms with Gasteiger partial charge in [-0.15, -0.1) is 0 Å². The maximum atomic E-state index is 13.7. The molecule has 0 aromatic rings. The van der Waals surface area contributed by atoms with Gasteiger partial charge in [-0.25, -0.2) is 4.79 Å². The Morgan fingerprint density at radius 1 is 1.06 bits per heavy atom. The molecule has 1 aliphatic carbocycles. The van der Waals surface area contributed by atoms with Crippen LogP contribution in [0.1, 0.15) is 86.5 Å². The van der Waals surface area contributed by atoms with Gasteiger partial charge in [-0.2, -0.15) is 0 Å². The highest BCUT2D eigenvalue weighted by Crippen LogP contribution is 2.39. The fourth-order valence-electron chi connectivity index (χ4n) is 5.44. The molecule has 0 bridgehead atoms. The summed E-state index contributed by atoms with van der Waals surface area (Å²) >= 11 is 0. The van der Waals surface area contributed by atoms with E-state index in [2.05, 4.69) is 13.8 Å². The number of amides is 3. The molecule has 0 aromatic carbocycles. The molecule has 1 saturated carbocycles. The fourth-order valence-corrected chi connectivity index (χ4v) is 5.44. The Bertz CT molecular complexity index is 746. The molecule has 3 aliphatic rings. The van der Waals surface area contributed by atoms with Gasteiger partial charge >= 0.3 is 6.09 Å². The Balaban J connectivity index is 1.88. The summed E-state index contributed by atoms with van der Waals surface area (Å²) < 4.78 is 11.5. The maximum absolute atomic E-state index is 13.7. The quantitative estimate of drug-likeness (QED) is 0.599. The van der Waals surface area contributed by atoms with Crippen molar-refractivity contribution in [2.45, 2.75) is 116 Å². The zero-order valence-corrected chi connectivity index (χ0v) is 22.3. The molecule has 3 atom stereocenters. The molecule has 8 nitrogen and oxygen atoms in total. The van der Waals surface area contributed by atoms with E-state index in [9.17, 15) is 14.4 Å². The van der Waals surface area contributed by atoms with Crippen LogP contribution in [0.5, 0.6) is 0 Å². The predicted octanol–water partition coefficient (Wildman–Crippen LogP) is 3.82. The van der Waals surface area contributed by atoms with Crippen LogP contribution in [0.2, 0.25) is 0 Å². The van der Waals surface area contributed by atoms with Gasteiger partial charge in [0, 0.05) is 32.8 Å². The number of carbonyl (C=O) groups excluding carboxylic acids is 3. The molecular formula is C26H45N3O5. The Hall–Kier alpha value is -1.83. The summed E-state index contributed by atoms with van der Waals surface area (Å²) in [6.07, 6.45) is 5.11. The minimum atomic E-state index is -0.665. The molecule has 0 radical (unpaired) electrons. The van der Waals surface area contributed by atoms with Crippen molar-refractivity contribution in [2.75, 3.05) is 26.7 Å². The van der Waals surface area contributed by atoms with Crippen molar-refractivity contribution in [3.05, 3.63) is 0 Å². The molecule has 2 aliphatic heterocycles. The van der Waals surface area contributed by atoms with E-state index < -0.39 is 23.8 Å². The average Bonchev–Trinajstić information content (AvgIpc) is 3.43. The molecule has 8 heteroatoms. The monoisotopic (exact) mass is 479 g/mol. The van der Waals surface area contributed by atoms with E-state index in [0.717, 1.165) is 38.5 Å². The van der Waals surface area contributed by atoms with Crippen LogP contribution in [-0.4, -0.2) is 89.2 Å². The lowest BCUT2D eigenvalue weighted by molar-refractivity contribution is -0.147. The van der Waals surface area contributed by atoms with Crippen LogP contribution in [0.3, 0.4) is 0 Å². The van der Waals surface area contributed by atoms with Gasteiger partial charge in [0.15, 0.2) is 0 Å². The van der Waals surface area contributed by atoms with Crippen molar-refractivity contribution >= 4 is 17.9 Å². The molecule has 2 saturated heterocycles. The number of ether oxygens (including phenoxy) is 2. The molecule has 34 heavy (non-hydrogen) atoms. The molecule has 0 aromatic heterocycles. The normalized spacial score (nSPS) is 27.5. The van der Waals surface area contributed by atoms with Crippen LogP contribution >= 0.6 is 0 Å². The summed E-state index contributed by atoms with van der Waals surface area (Å²) in [5.74, 6) is -0.0848. The Kier molecular flexibility index (Phi) is 8.21. The maximum Gasteiger partial charge on any atom is 0.411 e. The summed E-state index contributed by atoms with van der Waals surface area (Å²) in [6, 6.07) is -0.757. The van der Waals surface area contributed by atoms with Crippen molar-refractivity contribution in [3.8, 4) is 0 Å². The average molecular weight is 480 g/mol. The number of hydrogen-bond donors (Lipinski definition) is 0. The Morgan fingerprint density at radius 2 is 1.71 bits per heavy atom. The highest BCUT2D eigenvalue weighted by molar-refractivity contribution is 5.87. The lowest BCUT2D eigenvalue weighted by Crippen LogP contribution is -2.53. The largest absolute Gasteiger partial charge is 0.444 e. The van der Waals surface area contributed by atoms with Crippen LogP contribution in [0.25, 0.3) is 0 Å². The summed E-state index contributed by atoms with van der Waals surface area (Å²) in [6.45, 7) is 13.4. The highest BCUT2D eigenvalue weighted by Gasteiger charge is 2.48. The number of likely N-dealkylation sites (tertiary alicyclic amines) is 1. The van der Waals surface area contributed by atoms with Crippen LogP contribution in [0.15, 0.2) is 0 Å². The van der Waals surface area contributed by atoms with E-state index >= 15 is 0 Å². The van der Waals surface area contributed by atoms with E-state index in [4.69, 9.17) is 9.47 Å². The van der Waals surface area contributed by atoms with Gasteiger partial charge in [0.05, 0.1) is 6.04 Å². The van der Waals surface area contributed by atoms with Gasteiger partial charge < -0.3 is 19.3 Å². The van der Waals surface area contributed by atoms with Gasteiger partial charge in [0.1, 0.15) is 17.7 Å². The number of carbonyl (C=O) groups is 3. The molecule has 3 fully saturated rings. The second-order valence-corrected chi connectivity index (χ2v) is 12.0. The summed E-state index contributed by atoms with van der Waals surface area (Å²) in [5.41, 5.74) is -0.392. The van der Waals surface area contributed by atoms with E-state index in [1.807, 2.05) is 32.6 Å². The van der Waals surface area contributed by atoms with Crippen molar-refractivity contribution < 1.29 is 23.9 Å². The molecule has 3 rings (SSSR count). The van der Waals surface area contributed by atoms with Gasteiger partial charge in [-0.1, -0.05) is 13.8 Å². The van der Waals surface area contributed by atoms with Crippen molar-refractivity contribution in [3.63, 3.8) is 0 Å². The van der Waals surface area contributed by atoms with Crippen molar-refractivity contribution in [1.29, 1.82) is 0 Å². The third-order valence-electron chi connectivity index (χ3n) is 7.60. The Labute approximate surface area is 205 Å². The number of nitrogens with zero attached hydrogens (tertiary/aromatic N) is 3. The van der Waals surface area contributed by atoms with Crippen LogP contribution in [0.4, 0.5) is 4.79 Å². The van der Waals surface area contributed by atoms with Gasteiger partial charge in [-0.05, 0) is 78.1 Å². The van der Waals surface area contributed by atoms with Crippen LogP contribution in [-0.2, 0) is 19.1 Å². The topological polar surface area (TPSA) is 79.4 Å². The van der Waals surface area contributed by atoms with Gasteiger partial charge in [0.2, 0.25) is 5.91 Å². The second-order valence-electron chi connectivity index (χ2n) is 12.0. The van der Waals surface area contributed by atoms with E-state index in [0.29, 0.717) is 26.1 Å². The number of hydrogen-bond acceptors (Lipinski definition) is 5. The minimum Gasteiger partial charge on any atom is -0.444 e. The molecule has 0 N–H and O–H groups in total. The van der Waals surface area contributed by atoms with Crippen LogP contribution in [0, 0.1) is 5.41 Å². The molecule has 0 unspecified atom stereocenters. The first kappa shape index (κ1) is 26.8. The predicted molar refractivity (Wildman–Crippen MR) is 130 cm³/mol. The first-order valence-electron chi connectivity index (χ1n) is 13.0. The Morgan fingerprint density at radius 3 is 2.24 bits per heavy atom. The molecular weight excluding hydrogens is 434 g/mol. The van der Waals surface area contributed by atoms with E-state index in [-0.39, 0.29) is 29.3 Å². The smallest absolute Gasteiger partial charge is 0.411 e. The first-order chi connectivity index (χ1) is 15.8. The second kappa shape index (κ2) is 10.4. The summed E-state index contributed by atoms with van der Waals surface area (Å²) in [5, 5.41) is 0. The summed E-state index contributed by atoms with van der Waals surface area (Å²) in [7, 11) is 1.75. The highest BCUT2D eigenvalue weighted by atomic mass is 16.6. The number of rotatable bonds is 5. The molecule has 2 heterocycles. The third-order valence-corrected chi connectivity index (χ3v) is 7.60. The number of likely N-dealkylation sites (N-methyl/N-ethyl adjacent to an activating group) is 1. The van der Waals surface area contributed by atoms with Gasteiger partial charge in [0.25, 0.3) is 5.91 Å². The van der Waals surface area contributed by atoms with Crippen molar-refractivity contribution in [1.82, 2.24) is 14.7 Å². The first-order valence-corrected chi connectivity index (χ1v) is 13.0. The zero-order chi connectivity index (χ0) is 25.3. The van der Waals surface area contributed by atoms with E-state index in [1.165, 1.54) is 0 Å². The third kappa shape index (κ3) is 6.23. The fraction of sp³-hybridized carbons (Fsp3) is 0.885. The molecule has 0 spiro atoms. The standard InChI is InChI=1S/C26H45N3O5/c1-8-27(7)22(30)20-16-19(17-28(20)24(32)34-25(2,3)4)29(23(31)21-10-9-15-33-21)18-11-13-26(5,6)14-12-18/h18-21H,8-17H2,1-7H3/t19-,20-,21-/m0/s1. The SMILES string of the molecule is CCN(C)C(=O)[C@@H]1C[C@H](N(C(=O)[C@@H]2CCCO2)C2CCC(C)(C)CC2)CN1C(=O)OC(C)(C)C. The van der Waals surface area contributed by atoms with E-state index in [1.54, 1.807) is 16.8 Å². The lowest BCUT2D eigenvalue weighted by atomic mass is 9.75. The minimum absolute atomic E-state index is 0.0216.